The largest absolute Gasteiger partial charge is 0.323 e. The van der Waals surface area contributed by atoms with Gasteiger partial charge in [-0.2, -0.15) is 5.10 Å². The fourth-order valence-electron chi connectivity index (χ4n) is 1.88. The summed E-state index contributed by atoms with van der Waals surface area (Å²) in [6.07, 6.45) is 1.72. The molecular formula is C14H12N4O. The van der Waals surface area contributed by atoms with Crippen LogP contribution in [0.3, 0.4) is 0 Å². The summed E-state index contributed by atoms with van der Waals surface area (Å²) in [5, 5.41) is 13.3. The number of aromatic nitrogens is 2. The lowest BCUT2D eigenvalue weighted by Gasteiger charge is -2.08. The third-order valence-electron chi connectivity index (χ3n) is 2.76. The minimum Gasteiger partial charge on any atom is -0.308 e. The molecule has 0 radical (unpaired) electrons. The van der Waals surface area contributed by atoms with Crippen molar-refractivity contribution < 1.29 is 4.79 Å². The van der Waals surface area contributed by atoms with Gasteiger partial charge in [-0.15, -0.1) is 0 Å². The van der Waals surface area contributed by atoms with Crippen molar-refractivity contribution in [3.63, 3.8) is 0 Å². The Morgan fingerprint density at radius 2 is 1.84 bits per heavy atom. The van der Waals surface area contributed by atoms with E-state index in [1.165, 1.54) is 0 Å². The Kier molecular flexibility index (Phi) is 2.86. The number of hydrogen-bond acceptors (Lipinski definition) is 2. The molecule has 2 aromatic carbocycles. The quantitative estimate of drug-likeness (QED) is 0.655. The lowest BCUT2D eigenvalue weighted by atomic mass is 10.2. The first-order chi connectivity index (χ1) is 9.33. The van der Waals surface area contributed by atoms with Crippen molar-refractivity contribution in [2.24, 2.45) is 0 Å². The number of fused-ring (bicyclic) bond motifs is 1. The van der Waals surface area contributed by atoms with E-state index in [4.69, 9.17) is 0 Å². The van der Waals surface area contributed by atoms with Crippen molar-refractivity contribution in [2.75, 3.05) is 10.6 Å². The Morgan fingerprint density at radius 3 is 2.68 bits per heavy atom. The Hall–Kier alpha value is -2.82. The third kappa shape index (κ3) is 2.40. The molecule has 0 atom stereocenters. The number of benzene rings is 2. The zero-order valence-electron chi connectivity index (χ0n) is 10.1. The van der Waals surface area contributed by atoms with Crippen LogP contribution in [0.5, 0.6) is 0 Å². The molecule has 2 amide bonds. The summed E-state index contributed by atoms with van der Waals surface area (Å²) >= 11 is 0. The van der Waals surface area contributed by atoms with Gasteiger partial charge in [0, 0.05) is 11.1 Å². The van der Waals surface area contributed by atoms with E-state index in [0.29, 0.717) is 5.69 Å². The molecule has 1 heterocycles. The minimum absolute atomic E-state index is 0.284. The molecule has 0 unspecified atom stereocenters. The van der Waals surface area contributed by atoms with Gasteiger partial charge in [0.15, 0.2) is 0 Å². The van der Waals surface area contributed by atoms with Gasteiger partial charge < -0.3 is 10.6 Å². The summed E-state index contributed by atoms with van der Waals surface area (Å²) in [6, 6.07) is 14.6. The van der Waals surface area contributed by atoms with E-state index in [2.05, 4.69) is 20.8 Å². The fourth-order valence-corrected chi connectivity index (χ4v) is 1.88. The van der Waals surface area contributed by atoms with Crippen LogP contribution < -0.4 is 10.6 Å². The van der Waals surface area contributed by atoms with Crippen LogP contribution in [0.2, 0.25) is 0 Å². The second kappa shape index (κ2) is 4.81. The van der Waals surface area contributed by atoms with Gasteiger partial charge in [0.2, 0.25) is 0 Å². The molecule has 0 aliphatic carbocycles. The molecule has 0 bridgehead atoms. The average molecular weight is 252 g/mol. The highest BCUT2D eigenvalue weighted by Crippen LogP contribution is 2.20. The van der Waals surface area contributed by atoms with E-state index >= 15 is 0 Å². The van der Waals surface area contributed by atoms with Crippen LogP contribution in [-0.4, -0.2) is 16.2 Å². The summed E-state index contributed by atoms with van der Waals surface area (Å²) < 4.78 is 0. The van der Waals surface area contributed by atoms with Crippen molar-refractivity contribution in [3.05, 3.63) is 54.7 Å². The monoisotopic (exact) mass is 252 g/mol. The first-order valence-corrected chi connectivity index (χ1v) is 5.88. The van der Waals surface area contributed by atoms with Crippen LogP contribution >= 0.6 is 0 Å². The molecule has 0 saturated carbocycles. The summed E-state index contributed by atoms with van der Waals surface area (Å²) in [6.45, 7) is 0. The Balaban J connectivity index is 1.78. The molecule has 3 N–H and O–H groups in total. The predicted octanol–water partition coefficient (Wildman–Crippen LogP) is 3.21. The number of carbonyl (C=O) groups is 1. The first-order valence-electron chi connectivity index (χ1n) is 5.88. The molecule has 1 aromatic heterocycles. The number of aromatic amines is 1. The number of anilines is 2. The molecule has 0 spiro atoms. The molecule has 3 aromatic rings. The maximum absolute atomic E-state index is 11.9. The minimum atomic E-state index is -0.284. The predicted molar refractivity (Wildman–Crippen MR) is 75.2 cm³/mol. The third-order valence-corrected chi connectivity index (χ3v) is 2.76. The maximum Gasteiger partial charge on any atom is 0.323 e. The maximum atomic E-state index is 11.9. The van der Waals surface area contributed by atoms with Gasteiger partial charge in [-0.1, -0.05) is 30.3 Å². The summed E-state index contributed by atoms with van der Waals surface area (Å²) in [5.41, 5.74) is 2.26. The number of hydrogen-bond donors (Lipinski definition) is 3. The van der Waals surface area contributed by atoms with Crippen LogP contribution in [0.15, 0.2) is 54.7 Å². The lowest BCUT2D eigenvalue weighted by molar-refractivity contribution is 0.262. The van der Waals surface area contributed by atoms with Crippen LogP contribution in [-0.2, 0) is 0 Å². The van der Waals surface area contributed by atoms with Gasteiger partial charge >= 0.3 is 6.03 Å². The van der Waals surface area contributed by atoms with Gasteiger partial charge in [0.25, 0.3) is 0 Å². The SMILES string of the molecule is O=C(Nc1ccccc1)Nc1cccc2cn[nH]c12. The molecule has 19 heavy (non-hydrogen) atoms. The lowest BCUT2D eigenvalue weighted by Crippen LogP contribution is -2.19. The zero-order valence-corrected chi connectivity index (χ0v) is 10.1. The molecule has 5 heteroatoms. The number of amides is 2. The number of para-hydroxylation sites is 2. The van der Waals surface area contributed by atoms with Gasteiger partial charge in [-0.3, -0.25) is 5.10 Å². The summed E-state index contributed by atoms with van der Waals surface area (Å²) in [4.78, 5) is 11.9. The number of rotatable bonds is 2. The fraction of sp³-hybridized carbons (Fsp3) is 0. The molecule has 0 fully saturated rings. The standard InChI is InChI=1S/C14H12N4O/c19-14(16-11-6-2-1-3-7-11)17-12-8-4-5-10-9-15-18-13(10)12/h1-9H,(H,15,18)(H2,16,17,19). The molecular weight excluding hydrogens is 240 g/mol. The second-order valence-corrected chi connectivity index (χ2v) is 4.08. The normalized spacial score (nSPS) is 10.3. The smallest absolute Gasteiger partial charge is 0.308 e. The van der Waals surface area contributed by atoms with E-state index in [1.54, 1.807) is 6.20 Å². The zero-order chi connectivity index (χ0) is 13.1. The van der Waals surface area contributed by atoms with Crippen molar-refractivity contribution >= 4 is 28.3 Å². The number of nitrogens with zero attached hydrogens (tertiary/aromatic N) is 1. The van der Waals surface area contributed by atoms with Crippen molar-refractivity contribution in [1.82, 2.24) is 10.2 Å². The summed E-state index contributed by atoms with van der Waals surface area (Å²) in [5.74, 6) is 0. The number of H-pyrrole nitrogens is 1. The number of carbonyl (C=O) groups excluding carboxylic acids is 1. The van der Waals surface area contributed by atoms with Crippen molar-refractivity contribution in [1.29, 1.82) is 0 Å². The van der Waals surface area contributed by atoms with Gasteiger partial charge in [0.1, 0.15) is 0 Å². The summed E-state index contributed by atoms with van der Waals surface area (Å²) in [7, 11) is 0. The van der Waals surface area contributed by atoms with E-state index < -0.39 is 0 Å². The first kappa shape index (κ1) is 11.3. The Bertz CT molecular complexity index is 706. The molecule has 5 nitrogen and oxygen atoms in total. The molecule has 0 aliphatic rings. The van der Waals surface area contributed by atoms with Crippen molar-refractivity contribution in [3.8, 4) is 0 Å². The van der Waals surface area contributed by atoms with E-state index in [-0.39, 0.29) is 6.03 Å². The van der Waals surface area contributed by atoms with Gasteiger partial charge in [-0.05, 0) is 18.2 Å². The van der Waals surface area contributed by atoms with E-state index in [0.717, 1.165) is 16.6 Å². The average Bonchev–Trinajstić information content (AvgIpc) is 2.89. The highest BCUT2D eigenvalue weighted by atomic mass is 16.2. The van der Waals surface area contributed by atoms with Crippen molar-refractivity contribution in [2.45, 2.75) is 0 Å². The van der Waals surface area contributed by atoms with Crippen LogP contribution in [0, 0.1) is 0 Å². The number of nitrogens with one attached hydrogen (secondary N) is 3. The highest BCUT2D eigenvalue weighted by molar-refractivity contribution is 6.04. The molecule has 94 valence electrons. The Morgan fingerprint density at radius 1 is 1.00 bits per heavy atom. The molecule has 3 rings (SSSR count). The number of urea groups is 1. The molecule has 0 aliphatic heterocycles. The van der Waals surface area contributed by atoms with Gasteiger partial charge in [0.05, 0.1) is 17.4 Å². The molecule has 0 saturated heterocycles. The van der Waals surface area contributed by atoms with Gasteiger partial charge in [-0.25, -0.2) is 4.79 Å². The van der Waals surface area contributed by atoms with Crippen LogP contribution in [0.25, 0.3) is 10.9 Å². The highest BCUT2D eigenvalue weighted by Gasteiger charge is 2.06. The van der Waals surface area contributed by atoms with E-state index in [9.17, 15) is 4.79 Å². The Labute approximate surface area is 109 Å². The van der Waals surface area contributed by atoms with Crippen LogP contribution in [0.4, 0.5) is 16.2 Å². The second-order valence-electron chi connectivity index (χ2n) is 4.08. The van der Waals surface area contributed by atoms with E-state index in [1.807, 2.05) is 48.5 Å². The topological polar surface area (TPSA) is 69.8 Å². The van der Waals surface area contributed by atoms with Crippen LogP contribution in [0.1, 0.15) is 0 Å².